The quantitative estimate of drug-likeness (QED) is 0.642. The molecule has 82 valence electrons. The molecule has 5 heteroatoms. The minimum Gasteiger partial charge on any atom is -0.444 e. The Labute approximate surface area is 83.4 Å². The minimum atomic E-state index is -0.637. The van der Waals surface area contributed by atoms with Gasteiger partial charge in [-0.2, -0.15) is 0 Å². The summed E-state index contributed by atoms with van der Waals surface area (Å²) in [5, 5.41) is 11.9. The van der Waals surface area contributed by atoms with E-state index in [1.54, 1.807) is 20.8 Å². The largest absolute Gasteiger partial charge is 0.444 e. The van der Waals surface area contributed by atoms with Crippen molar-refractivity contribution in [2.45, 2.75) is 38.5 Å². The van der Waals surface area contributed by atoms with Gasteiger partial charge in [-0.15, -0.1) is 0 Å². The first kappa shape index (κ1) is 11.3. The number of aliphatic hydroxyl groups excluding tert-OH is 1. The molecule has 0 saturated carbocycles. The van der Waals surface area contributed by atoms with Gasteiger partial charge in [0.25, 0.3) is 0 Å². The zero-order chi connectivity index (χ0) is 10.8. The van der Waals surface area contributed by atoms with Gasteiger partial charge < -0.3 is 19.9 Å². The fraction of sp³-hybridized carbons (Fsp3) is 0.889. The van der Waals surface area contributed by atoms with E-state index >= 15 is 0 Å². The predicted octanol–water partition coefficient (Wildman–Crippen LogP) is 0.271. The van der Waals surface area contributed by atoms with Gasteiger partial charge in [0.2, 0.25) is 0 Å². The number of carbonyl (C=O) groups is 1. The van der Waals surface area contributed by atoms with Crippen molar-refractivity contribution in [3.8, 4) is 0 Å². The molecule has 0 aliphatic carbocycles. The normalized spacial score (nSPS) is 27.4. The van der Waals surface area contributed by atoms with Gasteiger partial charge in [0.1, 0.15) is 5.60 Å². The van der Waals surface area contributed by atoms with Gasteiger partial charge in [0.15, 0.2) is 0 Å². The first-order chi connectivity index (χ1) is 6.38. The van der Waals surface area contributed by atoms with Gasteiger partial charge in [-0.25, -0.2) is 4.79 Å². The highest BCUT2D eigenvalue weighted by atomic mass is 16.6. The molecule has 5 nitrogen and oxygen atoms in total. The number of nitrogens with one attached hydrogen (secondary N) is 1. The second kappa shape index (κ2) is 4.14. The molecule has 2 atom stereocenters. The highest BCUT2D eigenvalue weighted by Gasteiger charge is 2.29. The van der Waals surface area contributed by atoms with Crippen LogP contribution in [0.5, 0.6) is 0 Å². The maximum absolute atomic E-state index is 11.3. The van der Waals surface area contributed by atoms with Crippen molar-refractivity contribution in [3.63, 3.8) is 0 Å². The average molecular weight is 203 g/mol. The van der Waals surface area contributed by atoms with Crippen LogP contribution in [0.25, 0.3) is 0 Å². The smallest absolute Gasteiger partial charge is 0.408 e. The summed E-state index contributed by atoms with van der Waals surface area (Å²) in [5.74, 6) is 0. The number of aliphatic hydroxyl groups is 1. The number of hydrogen-bond donors (Lipinski definition) is 2. The average Bonchev–Trinajstić information content (AvgIpc) is 2.32. The fourth-order valence-electron chi connectivity index (χ4n) is 1.14. The molecule has 1 rings (SSSR count). The molecular formula is C9H17NO4. The number of rotatable bonds is 1. The number of amides is 1. The lowest BCUT2D eigenvalue weighted by Crippen LogP contribution is -2.44. The van der Waals surface area contributed by atoms with Crippen LogP contribution < -0.4 is 5.32 Å². The van der Waals surface area contributed by atoms with Crippen molar-refractivity contribution in [1.82, 2.24) is 5.32 Å². The number of ether oxygens (including phenoxy) is 2. The third-order valence-electron chi connectivity index (χ3n) is 1.75. The summed E-state index contributed by atoms with van der Waals surface area (Å²) in [6.07, 6.45) is -1.16. The van der Waals surface area contributed by atoms with E-state index in [9.17, 15) is 9.90 Å². The summed E-state index contributed by atoms with van der Waals surface area (Å²) in [4.78, 5) is 11.3. The summed E-state index contributed by atoms with van der Waals surface area (Å²) in [7, 11) is 0. The molecule has 14 heavy (non-hydrogen) atoms. The van der Waals surface area contributed by atoms with Crippen LogP contribution in [-0.2, 0) is 9.47 Å². The SMILES string of the molecule is CC(C)(C)OC(=O)NC1COCC1O. The van der Waals surface area contributed by atoms with Crippen molar-refractivity contribution in [3.05, 3.63) is 0 Å². The van der Waals surface area contributed by atoms with Crippen molar-refractivity contribution in [2.75, 3.05) is 13.2 Å². The van der Waals surface area contributed by atoms with Crippen LogP contribution in [0.1, 0.15) is 20.8 Å². The summed E-state index contributed by atoms with van der Waals surface area (Å²) in [5.41, 5.74) is -0.519. The van der Waals surface area contributed by atoms with Gasteiger partial charge in [0, 0.05) is 0 Å². The van der Waals surface area contributed by atoms with Crippen LogP contribution in [-0.4, -0.2) is 42.2 Å². The van der Waals surface area contributed by atoms with Gasteiger partial charge in [-0.3, -0.25) is 0 Å². The maximum atomic E-state index is 11.3. The Balaban J connectivity index is 2.33. The van der Waals surface area contributed by atoms with Crippen LogP contribution in [0, 0.1) is 0 Å². The van der Waals surface area contributed by atoms with Crippen LogP contribution in [0.15, 0.2) is 0 Å². The van der Waals surface area contributed by atoms with E-state index in [0.29, 0.717) is 6.61 Å². The Hall–Kier alpha value is -0.810. The summed E-state index contributed by atoms with van der Waals surface area (Å²) in [6, 6.07) is -0.357. The van der Waals surface area contributed by atoms with E-state index in [4.69, 9.17) is 9.47 Å². The lowest BCUT2D eigenvalue weighted by atomic mass is 10.2. The molecule has 2 N–H and O–H groups in total. The van der Waals surface area contributed by atoms with Gasteiger partial charge in [0.05, 0.1) is 25.4 Å². The molecule has 0 aromatic rings. The molecule has 1 amide bonds. The third kappa shape index (κ3) is 3.51. The molecule has 0 bridgehead atoms. The molecule has 1 heterocycles. The van der Waals surface area contributed by atoms with Crippen LogP contribution in [0.2, 0.25) is 0 Å². The molecule has 1 saturated heterocycles. The first-order valence-corrected chi connectivity index (χ1v) is 4.64. The second-order valence-corrected chi connectivity index (χ2v) is 4.36. The summed E-state index contributed by atoms with van der Waals surface area (Å²) >= 11 is 0. The van der Waals surface area contributed by atoms with Crippen LogP contribution in [0.4, 0.5) is 4.79 Å². The number of carbonyl (C=O) groups excluding carboxylic acids is 1. The predicted molar refractivity (Wildman–Crippen MR) is 50.0 cm³/mol. The van der Waals surface area contributed by atoms with E-state index in [0.717, 1.165) is 0 Å². The molecular weight excluding hydrogens is 186 g/mol. The highest BCUT2D eigenvalue weighted by molar-refractivity contribution is 5.68. The second-order valence-electron chi connectivity index (χ2n) is 4.36. The minimum absolute atomic E-state index is 0.264. The highest BCUT2D eigenvalue weighted by Crippen LogP contribution is 2.09. The summed E-state index contributed by atoms with van der Waals surface area (Å²) in [6.45, 7) is 5.96. The van der Waals surface area contributed by atoms with Gasteiger partial charge in [-0.1, -0.05) is 0 Å². The molecule has 0 radical (unpaired) electrons. The Bertz CT molecular complexity index is 211. The van der Waals surface area contributed by atoms with Crippen molar-refractivity contribution in [1.29, 1.82) is 0 Å². The first-order valence-electron chi connectivity index (χ1n) is 4.64. The van der Waals surface area contributed by atoms with E-state index in [1.165, 1.54) is 0 Å². The molecule has 0 aromatic heterocycles. The number of hydrogen-bond acceptors (Lipinski definition) is 4. The lowest BCUT2D eigenvalue weighted by molar-refractivity contribution is 0.0461. The zero-order valence-corrected chi connectivity index (χ0v) is 8.74. The molecule has 1 fully saturated rings. The Kier molecular flexibility index (Phi) is 3.34. The monoisotopic (exact) mass is 203 g/mol. The van der Waals surface area contributed by atoms with Crippen LogP contribution in [0.3, 0.4) is 0 Å². The van der Waals surface area contributed by atoms with Gasteiger partial charge in [-0.05, 0) is 20.8 Å². The fourth-order valence-corrected chi connectivity index (χ4v) is 1.14. The standard InChI is InChI=1S/C9H17NO4/c1-9(2,3)14-8(12)10-6-4-13-5-7(6)11/h6-7,11H,4-5H2,1-3H3,(H,10,12). The molecule has 1 aliphatic rings. The van der Waals surface area contributed by atoms with E-state index in [-0.39, 0.29) is 12.6 Å². The van der Waals surface area contributed by atoms with E-state index in [1.807, 2.05) is 0 Å². The van der Waals surface area contributed by atoms with Gasteiger partial charge >= 0.3 is 6.09 Å². The number of alkyl carbamates (subject to hydrolysis) is 1. The molecule has 1 aliphatic heterocycles. The lowest BCUT2D eigenvalue weighted by Gasteiger charge is -2.22. The molecule has 2 unspecified atom stereocenters. The molecule has 0 aromatic carbocycles. The van der Waals surface area contributed by atoms with Crippen molar-refractivity contribution in [2.24, 2.45) is 0 Å². The summed E-state index contributed by atoms with van der Waals surface area (Å²) < 4.78 is 10.0. The Morgan fingerprint density at radius 3 is 2.57 bits per heavy atom. The Morgan fingerprint density at radius 2 is 2.14 bits per heavy atom. The third-order valence-corrected chi connectivity index (χ3v) is 1.75. The van der Waals surface area contributed by atoms with E-state index in [2.05, 4.69) is 5.32 Å². The van der Waals surface area contributed by atoms with Crippen molar-refractivity contribution < 1.29 is 19.4 Å². The topological polar surface area (TPSA) is 67.8 Å². The molecule has 0 spiro atoms. The van der Waals surface area contributed by atoms with Crippen molar-refractivity contribution >= 4 is 6.09 Å². The Morgan fingerprint density at radius 1 is 1.50 bits per heavy atom. The zero-order valence-electron chi connectivity index (χ0n) is 8.74. The van der Waals surface area contributed by atoms with Crippen LogP contribution >= 0.6 is 0 Å². The van der Waals surface area contributed by atoms with E-state index < -0.39 is 17.8 Å². The maximum Gasteiger partial charge on any atom is 0.408 e.